The minimum Gasteiger partial charge on any atom is -0.480 e. The molecule has 2 rings (SSSR count). The molecule has 0 spiro atoms. The Morgan fingerprint density at radius 1 is 1.40 bits per heavy atom. The van der Waals surface area contributed by atoms with Crippen molar-refractivity contribution in [2.24, 2.45) is 0 Å². The molecule has 1 fully saturated rings. The first-order chi connectivity index (χ1) is 9.34. The Hall–Kier alpha value is -1.98. The Bertz CT molecular complexity index is 531. The van der Waals surface area contributed by atoms with Crippen LogP contribution in [0.3, 0.4) is 0 Å². The average Bonchev–Trinajstić information content (AvgIpc) is 2.62. The van der Waals surface area contributed by atoms with Crippen molar-refractivity contribution < 1.29 is 19.1 Å². The summed E-state index contributed by atoms with van der Waals surface area (Å²) in [4.78, 5) is 23.1. The first-order valence-corrected chi connectivity index (χ1v) is 6.73. The van der Waals surface area contributed by atoms with Crippen molar-refractivity contribution in [3.05, 3.63) is 23.2 Å². The maximum absolute atomic E-state index is 11.9. The van der Waals surface area contributed by atoms with E-state index < -0.39 is 17.5 Å². The Balaban J connectivity index is 1.98. The maximum atomic E-state index is 11.9. The van der Waals surface area contributed by atoms with Crippen LogP contribution in [0.5, 0.6) is 0 Å². The molecular weight excluding hydrogens is 260 g/mol. The molecule has 1 unspecified atom stereocenters. The van der Waals surface area contributed by atoms with Crippen LogP contribution in [-0.2, 0) is 4.79 Å². The molecule has 6 heteroatoms. The number of urea groups is 1. The number of carbonyl (C=O) groups excluding carboxylic acids is 1. The molecule has 1 aliphatic carbocycles. The topological polar surface area (TPSA) is 91.6 Å². The number of carboxylic acid groups (broad SMARTS) is 1. The lowest BCUT2D eigenvalue weighted by Crippen LogP contribution is -2.61. The summed E-state index contributed by atoms with van der Waals surface area (Å²) >= 11 is 0. The van der Waals surface area contributed by atoms with Crippen LogP contribution in [0.4, 0.5) is 4.79 Å². The summed E-state index contributed by atoms with van der Waals surface area (Å²) in [6, 6.07) is 1.17. The molecule has 1 saturated carbocycles. The molecular formula is C14H20N2O4. The first-order valence-electron chi connectivity index (χ1n) is 6.73. The molecule has 20 heavy (non-hydrogen) atoms. The molecule has 1 heterocycles. The second-order valence-electron chi connectivity index (χ2n) is 5.43. The molecule has 1 aromatic heterocycles. The van der Waals surface area contributed by atoms with Gasteiger partial charge in [0, 0.05) is 5.56 Å². The molecule has 110 valence electrons. The Morgan fingerprint density at radius 3 is 2.45 bits per heavy atom. The zero-order chi connectivity index (χ0) is 14.9. The van der Waals surface area contributed by atoms with Crippen LogP contribution in [0, 0.1) is 13.8 Å². The molecule has 0 aromatic carbocycles. The molecule has 0 radical (unpaired) electrons. The van der Waals surface area contributed by atoms with Crippen molar-refractivity contribution in [3.8, 4) is 0 Å². The average molecular weight is 280 g/mol. The van der Waals surface area contributed by atoms with Crippen molar-refractivity contribution in [3.63, 3.8) is 0 Å². The number of carboxylic acids is 1. The van der Waals surface area contributed by atoms with Gasteiger partial charge >= 0.3 is 12.0 Å². The normalized spacial score (nSPS) is 17.9. The highest BCUT2D eigenvalue weighted by Gasteiger charge is 2.45. The van der Waals surface area contributed by atoms with Gasteiger partial charge in [0.2, 0.25) is 0 Å². The highest BCUT2D eigenvalue weighted by atomic mass is 16.4. The van der Waals surface area contributed by atoms with E-state index in [9.17, 15) is 14.7 Å². The molecule has 3 N–H and O–H groups in total. The van der Waals surface area contributed by atoms with Gasteiger partial charge in [0.05, 0.1) is 6.04 Å². The summed E-state index contributed by atoms with van der Waals surface area (Å²) < 4.78 is 5.42. The quantitative estimate of drug-likeness (QED) is 0.789. The molecule has 0 bridgehead atoms. The lowest BCUT2D eigenvalue weighted by molar-refractivity contribution is -0.148. The van der Waals surface area contributed by atoms with E-state index in [-0.39, 0.29) is 6.04 Å². The van der Waals surface area contributed by atoms with Gasteiger partial charge in [-0.3, -0.25) is 0 Å². The lowest BCUT2D eigenvalue weighted by atomic mass is 9.77. The van der Waals surface area contributed by atoms with E-state index in [0.29, 0.717) is 12.8 Å². The van der Waals surface area contributed by atoms with Gasteiger partial charge in [-0.2, -0.15) is 0 Å². The van der Waals surface area contributed by atoms with Gasteiger partial charge < -0.3 is 20.2 Å². The number of aryl methyl sites for hydroxylation is 2. The highest BCUT2D eigenvalue weighted by molar-refractivity contribution is 5.87. The maximum Gasteiger partial charge on any atom is 0.329 e. The monoisotopic (exact) mass is 280 g/mol. The second kappa shape index (κ2) is 5.19. The zero-order valence-electron chi connectivity index (χ0n) is 11.9. The van der Waals surface area contributed by atoms with Crippen LogP contribution in [0.1, 0.15) is 49.3 Å². The number of hydrogen-bond acceptors (Lipinski definition) is 3. The van der Waals surface area contributed by atoms with Gasteiger partial charge in [0.15, 0.2) is 0 Å². The van der Waals surface area contributed by atoms with Crippen molar-refractivity contribution in [2.45, 2.75) is 51.6 Å². The van der Waals surface area contributed by atoms with Crippen molar-refractivity contribution >= 4 is 12.0 Å². The Labute approximate surface area is 117 Å². The number of amides is 2. The Morgan fingerprint density at radius 2 is 2.05 bits per heavy atom. The van der Waals surface area contributed by atoms with E-state index in [2.05, 4.69) is 10.6 Å². The minimum atomic E-state index is -1.09. The van der Waals surface area contributed by atoms with Gasteiger partial charge in [0.25, 0.3) is 0 Å². The van der Waals surface area contributed by atoms with Crippen molar-refractivity contribution in [1.29, 1.82) is 0 Å². The van der Waals surface area contributed by atoms with Gasteiger partial charge in [-0.15, -0.1) is 0 Å². The van der Waals surface area contributed by atoms with Gasteiger partial charge in [-0.1, -0.05) is 0 Å². The molecule has 6 nitrogen and oxygen atoms in total. The highest BCUT2D eigenvalue weighted by Crippen LogP contribution is 2.32. The number of aliphatic carboxylic acids is 1. The van der Waals surface area contributed by atoms with E-state index in [1.165, 1.54) is 0 Å². The summed E-state index contributed by atoms with van der Waals surface area (Å²) in [5, 5.41) is 14.5. The first kappa shape index (κ1) is 14.4. The predicted octanol–water partition coefficient (Wildman–Crippen LogP) is 2.26. The molecule has 1 aromatic rings. The fraction of sp³-hybridized carbons (Fsp3) is 0.571. The molecule has 0 saturated heterocycles. The smallest absolute Gasteiger partial charge is 0.329 e. The number of furan rings is 1. The summed E-state index contributed by atoms with van der Waals surface area (Å²) in [7, 11) is 0. The van der Waals surface area contributed by atoms with E-state index >= 15 is 0 Å². The van der Waals surface area contributed by atoms with Gasteiger partial charge in [-0.05, 0) is 46.1 Å². The Kier molecular flexibility index (Phi) is 3.74. The molecule has 0 aliphatic heterocycles. The van der Waals surface area contributed by atoms with E-state index in [1.54, 1.807) is 0 Å². The largest absolute Gasteiger partial charge is 0.480 e. The van der Waals surface area contributed by atoms with Crippen LogP contribution >= 0.6 is 0 Å². The number of carbonyl (C=O) groups is 2. The van der Waals surface area contributed by atoms with Crippen LogP contribution in [0.15, 0.2) is 10.5 Å². The predicted molar refractivity (Wildman–Crippen MR) is 72.5 cm³/mol. The van der Waals surface area contributed by atoms with Crippen LogP contribution in [0.25, 0.3) is 0 Å². The molecule has 1 aliphatic rings. The molecule has 2 amide bonds. The SMILES string of the molecule is Cc1cc(C(C)NC(=O)NC2(C(=O)O)CCC2)c(C)o1. The third-order valence-corrected chi connectivity index (χ3v) is 3.86. The fourth-order valence-corrected chi connectivity index (χ4v) is 2.53. The third-order valence-electron chi connectivity index (χ3n) is 3.86. The van der Waals surface area contributed by atoms with E-state index in [4.69, 9.17) is 4.42 Å². The summed E-state index contributed by atoms with van der Waals surface area (Å²) in [5.74, 6) is 0.571. The fourth-order valence-electron chi connectivity index (χ4n) is 2.53. The number of hydrogen-bond donors (Lipinski definition) is 3. The summed E-state index contributed by atoms with van der Waals surface area (Å²) in [5.41, 5.74) is -0.193. The van der Waals surface area contributed by atoms with E-state index in [0.717, 1.165) is 23.5 Å². The lowest BCUT2D eigenvalue weighted by Gasteiger charge is -2.38. The standard InChI is InChI=1S/C14H20N2O4/c1-8-7-11(10(3)20-8)9(2)15-13(19)16-14(12(17)18)5-4-6-14/h7,9H,4-6H2,1-3H3,(H,17,18)(H2,15,16,19). The van der Waals surface area contributed by atoms with Crippen LogP contribution in [-0.4, -0.2) is 22.6 Å². The third kappa shape index (κ3) is 2.64. The minimum absolute atomic E-state index is 0.238. The summed E-state index contributed by atoms with van der Waals surface area (Å²) in [6.45, 7) is 5.52. The zero-order valence-corrected chi connectivity index (χ0v) is 11.9. The van der Waals surface area contributed by atoms with Crippen molar-refractivity contribution in [1.82, 2.24) is 10.6 Å². The summed E-state index contributed by atoms with van der Waals surface area (Å²) in [6.07, 6.45) is 1.78. The molecule has 1 atom stereocenters. The van der Waals surface area contributed by atoms with Gasteiger partial charge in [0.1, 0.15) is 17.1 Å². The number of nitrogens with one attached hydrogen (secondary N) is 2. The number of rotatable bonds is 4. The van der Waals surface area contributed by atoms with Crippen molar-refractivity contribution in [2.75, 3.05) is 0 Å². The van der Waals surface area contributed by atoms with Crippen LogP contribution in [0.2, 0.25) is 0 Å². The second-order valence-corrected chi connectivity index (χ2v) is 5.43. The van der Waals surface area contributed by atoms with E-state index in [1.807, 2.05) is 26.8 Å². The van der Waals surface area contributed by atoms with Gasteiger partial charge in [-0.25, -0.2) is 9.59 Å². The van der Waals surface area contributed by atoms with Crippen LogP contribution < -0.4 is 10.6 Å².